The molecule has 0 unspecified atom stereocenters. The molecule has 1 aliphatic heterocycles. The molecule has 1 saturated heterocycles. The molecule has 0 aliphatic carbocycles. The van der Waals surface area contributed by atoms with Gasteiger partial charge in [0.2, 0.25) is 0 Å². The molecule has 2 nitrogen and oxygen atoms in total. The SMILES string of the molecule is C=C(C=O)/C(=C/C)c1cc(C(=C)N2CCC(Cc3ccc(F)cc3)CC2)c(C)cc1C. The number of rotatable bonds is 7. The van der Waals surface area contributed by atoms with E-state index in [9.17, 15) is 9.18 Å². The van der Waals surface area contributed by atoms with Gasteiger partial charge in [0.15, 0.2) is 0 Å². The minimum atomic E-state index is -0.180. The van der Waals surface area contributed by atoms with Crippen molar-refractivity contribution in [1.29, 1.82) is 0 Å². The number of aldehydes is 1. The van der Waals surface area contributed by atoms with E-state index in [1.165, 1.54) is 11.1 Å². The summed E-state index contributed by atoms with van der Waals surface area (Å²) in [6.07, 6.45) is 5.94. The number of nitrogens with zero attached hydrogens (tertiary/aromatic N) is 1. The van der Waals surface area contributed by atoms with E-state index in [1.807, 2.05) is 25.1 Å². The smallest absolute Gasteiger partial charge is 0.150 e. The summed E-state index contributed by atoms with van der Waals surface area (Å²) in [4.78, 5) is 13.7. The Balaban J connectivity index is 1.73. The first-order valence-electron chi connectivity index (χ1n) is 10.9. The second-order valence-corrected chi connectivity index (χ2v) is 8.54. The maximum absolute atomic E-state index is 13.1. The summed E-state index contributed by atoms with van der Waals surface area (Å²) in [6.45, 7) is 16.4. The highest BCUT2D eigenvalue weighted by Crippen LogP contribution is 2.33. The summed E-state index contributed by atoms with van der Waals surface area (Å²) in [6, 6.07) is 11.2. The van der Waals surface area contributed by atoms with E-state index in [0.29, 0.717) is 11.5 Å². The molecule has 2 aromatic carbocycles. The maximum atomic E-state index is 13.1. The highest BCUT2D eigenvalue weighted by atomic mass is 19.1. The Hall–Kier alpha value is -2.94. The molecule has 1 heterocycles. The van der Waals surface area contributed by atoms with E-state index in [4.69, 9.17) is 0 Å². The van der Waals surface area contributed by atoms with E-state index in [-0.39, 0.29) is 5.82 Å². The molecule has 0 spiro atoms. The van der Waals surface area contributed by atoms with Crippen LogP contribution in [0.4, 0.5) is 4.39 Å². The van der Waals surface area contributed by atoms with Gasteiger partial charge in [0.25, 0.3) is 0 Å². The van der Waals surface area contributed by atoms with Crippen molar-refractivity contribution in [2.75, 3.05) is 13.1 Å². The van der Waals surface area contributed by atoms with Crippen LogP contribution < -0.4 is 0 Å². The topological polar surface area (TPSA) is 20.3 Å². The zero-order chi connectivity index (χ0) is 22.5. The molecule has 3 heteroatoms. The number of likely N-dealkylation sites (tertiary alicyclic amines) is 1. The lowest BCUT2D eigenvalue weighted by molar-refractivity contribution is -0.104. The number of carbonyl (C=O) groups is 1. The molecule has 0 radical (unpaired) electrons. The number of halogens is 1. The molecule has 162 valence electrons. The fourth-order valence-electron chi connectivity index (χ4n) is 4.56. The summed E-state index contributed by atoms with van der Waals surface area (Å²) in [5.41, 5.74) is 8.07. The third-order valence-electron chi connectivity index (χ3n) is 6.38. The van der Waals surface area contributed by atoms with Crippen LogP contribution in [0.15, 0.2) is 61.2 Å². The van der Waals surface area contributed by atoms with Gasteiger partial charge in [0.1, 0.15) is 12.1 Å². The highest BCUT2D eigenvalue weighted by Gasteiger charge is 2.22. The Labute approximate surface area is 185 Å². The summed E-state index contributed by atoms with van der Waals surface area (Å²) in [7, 11) is 0. The standard InChI is InChI=1S/C28H32FNO/c1-6-26(21(4)18-31)28-17-27(19(2)15-20(28)3)22(5)30-13-11-24(12-14-30)16-23-7-9-25(29)10-8-23/h6-10,15,17-18,24H,4-5,11-14,16H2,1-3H3/b26-6-. The molecule has 1 fully saturated rings. The Bertz CT molecular complexity index is 1010. The largest absolute Gasteiger partial charge is 0.372 e. The summed E-state index contributed by atoms with van der Waals surface area (Å²) >= 11 is 0. The first-order valence-corrected chi connectivity index (χ1v) is 10.9. The van der Waals surface area contributed by atoms with E-state index >= 15 is 0 Å². The van der Waals surface area contributed by atoms with Crippen molar-refractivity contribution in [1.82, 2.24) is 4.90 Å². The van der Waals surface area contributed by atoms with Gasteiger partial charge in [-0.2, -0.15) is 0 Å². The predicted octanol–water partition coefficient (Wildman–Crippen LogP) is 6.53. The predicted molar refractivity (Wildman–Crippen MR) is 128 cm³/mol. The molecule has 0 saturated carbocycles. The van der Waals surface area contributed by atoms with Crippen LogP contribution >= 0.6 is 0 Å². The highest BCUT2D eigenvalue weighted by molar-refractivity contribution is 5.98. The van der Waals surface area contributed by atoms with Gasteiger partial charge in [-0.3, -0.25) is 4.79 Å². The number of aryl methyl sites for hydroxylation is 2. The van der Waals surface area contributed by atoms with Crippen molar-refractivity contribution in [3.05, 3.63) is 94.8 Å². The lowest BCUT2D eigenvalue weighted by atomic mass is 9.88. The number of hydrogen-bond acceptors (Lipinski definition) is 2. The van der Waals surface area contributed by atoms with E-state index in [2.05, 4.69) is 44.0 Å². The van der Waals surface area contributed by atoms with Crippen LogP contribution in [-0.4, -0.2) is 24.3 Å². The summed E-state index contributed by atoms with van der Waals surface area (Å²) in [5, 5.41) is 0. The molecule has 3 rings (SSSR count). The summed E-state index contributed by atoms with van der Waals surface area (Å²) < 4.78 is 13.1. The van der Waals surface area contributed by atoms with Crippen molar-refractivity contribution >= 4 is 17.6 Å². The Morgan fingerprint density at radius 3 is 2.26 bits per heavy atom. The van der Waals surface area contributed by atoms with Crippen molar-refractivity contribution in [2.24, 2.45) is 5.92 Å². The molecule has 0 bridgehead atoms. The molecule has 0 N–H and O–H groups in total. The molecule has 31 heavy (non-hydrogen) atoms. The van der Waals surface area contributed by atoms with Gasteiger partial charge >= 0.3 is 0 Å². The molecular formula is C28H32FNO. The van der Waals surface area contributed by atoms with E-state index < -0.39 is 0 Å². The quantitative estimate of drug-likeness (QED) is 0.290. The molecule has 0 aromatic heterocycles. The van der Waals surface area contributed by atoms with Crippen LogP contribution in [0.5, 0.6) is 0 Å². The van der Waals surface area contributed by atoms with Crippen LogP contribution in [0.1, 0.15) is 47.6 Å². The van der Waals surface area contributed by atoms with Crippen molar-refractivity contribution in [3.8, 4) is 0 Å². The van der Waals surface area contributed by atoms with Gasteiger partial charge in [-0.1, -0.05) is 37.4 Å². The average Bonchev–Trinajstić information content (AvgIpc) is 2.77. The number of carbonyl (C=O) groups excluding carboxylic acids is 1. The fourth-order valence-corrected chi connectivity index (χ4v) is 4.56. The lowest BCUT2D eigenvalue weighted by Crippen LogP contribution is -2.33. The normalized spacial score (nSPS) is 15.1. The van der Waals surface area contributed by atoms with Crippen LogP contribution in [0.25, 0.3) is 11.3 Å². The van der Waals surface area contributed by atoms with Crippen LogP contribution in [-0.2, 0) is 11.2 Å². The third kappa shape index (κ3) is 5.22. The third-order valence-corrected chi connectivity index (χ3v) is 6.38. The molecular weight excluding hydrogens is 385 g/mol. The van der Waals surface area contributed by atoms with E-state index in [0.717, 1.165) is 66.6 Å². The second kappa shape index (κ2) is 9.91. The molecule has 0 atom stereocenters. The molecule has 1 aliphatic rings. The van der Waals surface area contributed by atoms with Gasteiger partial charge in [0, 0.05) is 29.9 Å². The van der Waals surface area contributed by atoms with Crippen LogP contribution in [0.2, 0.25) is 0 Å². The van der Waals surface area contributed by atoms with Crippen molar-refractivity contribution < 1.29 is 9.18 Å². The number of benzene rings is 2. The maximum Gasteiger partial charge on any atom is 0.150 e. The zero-order valence-corrected chi connectivity index (χ0v) is 18.9. The number of allylic oxidation sites excluding steroid dienone is 3. The van der Waals surface area contributed by atoms with Crippen molar-refractivity contribution in [2.45, 2.75) is 40.0 Å². The Morgan fingerprint density at radius 2 is 1.68 bits per heavy atom. The number of piperidine rings is 1. The summed E-state index contributed by atoms with van der Waals surface area (Å²) in [5.74, 6) is 0.426. The van der Waals surface area contributed by atoms with Gasteiger partial charge in [-0.15, -0.1) is 0 Å². The van der Waals surface area contributed by atoms with Gasteiger partial charge in [-0.25, -0.2) is 4.39 Å². The van der Waals surface area contributed by atoms with Gasteiger partial charge < -0.3 is 4.90 Å². The van der Waals surface area contributed by atoms with Crippen LogP contribution in [0, 0.1) is 25.6 Å². The Kier molecular flexibility index (Phi) is 7.27. The first kappa shape index (κ1) is 22.7. The zero-order valence-electron chi connectivity index (χ0n) is 18.9. The monoisotopic (exact) mass is 417 g/mol. The fraction of sp³-hybridized carbons (Fsp3) is 0.321. The van der Waals surface area contributed by atoms with Crippen molar-refractivity contribution in [3.63, 3.8) is 0 Å². The average molecular weight is 418 g/mol. The molecule has 0 amide bonds. The number of hydrogen-bond donors (Lipinski definition) is 0. The Morgan fingerprint density at radius 1 is 1.06 bits per heavy atom. The van der Waals surface area contributed by atoms with Gasteiger partial charge in [-0.05, 0) is 92.0 Å². The van der Waals surface area contributed by atoms with Gasteiger partial charge in [0.05, 0.1) is 0 Å². The molecule has 2 aromatic rings. The van der Waals surface area contributed by atoms with Crippen LogP contribution in [0.3, 0.4) is 0 Å². The first-order chi connectivity index (χ1) is 14.8. The minimum Gasteiger partial charge on any atom is -0.372 e. The lowest BCUT2D eigenvalue weighted by Gasteiger charge is -2.35. The van der Waals surface area contributed by atoms with E-state index in [1.54, 1.807) is 12.1 Å². The second-order valence-electron chi connectivity index (χ2n) is 8.54. The minimum absolute atomic E-state index is 0.180.